The van der Waals surface area contributed by atoms with Crippen molar-refractivity contribution in [3.63, 3.8) is 0 Å². The van der Waals surface area contributed by atoms with Crippen molar-refractivity contribution in [2.45, 2.75) is 43.9 Å². The summed E-state index contributed by atoms with van der Waals surface area (Å²) in [7, 11) is 0. The van der Waals surface area contributed by atoms with Crippen molar-refractivity contribution in [2.24, 2.45) is 0 Å². The van der Waals surface area contributed by atoms with E-state index >= 15 is 0 Å². The minimum absolute atomic E-state index is 0.0232. The van der Waals surface area contributed by atoms with E-state index < -0.39 is 0 Å². The van der Waals surface area contributed by atoms with E-state index in [1.165, 1.54) is 31.4 Å². The van der Waals surface area contributed by atoms with Gasteiger partial charge in [0.25, 0.3) is 0 Å². The number of carbonyl (C=O) groups excluding carboxylic acids is 1. The standard InChI is InChI=1S/C16H23BrN2O/c1-2-15(17)16(20)18-13-7-9-14(10-8-13)19-11-5-3-4-6-12-19/h7-10,15H,2-6,11-12H2,1H3,(H,18,20). The van der Waals surface area contributed by atoms with Crippen molar-refractivity contribution in [3.8, 4) is 0 Å². The molecule has 110 valence electrons. The molecule has 1 saturated heterocycles. The number of rotatable bonds is 4. The van der Waals surface area contributed by atoms with Crippen LogP contribution in [0.2, 0.25) is 0 Å². The first kappa shape index (κ1) is 15.4. The Kier molecular flexibility index (Phi) is 5.89. The van der Waals surface area contributed by atoms with E-state index in [0.29, 0.717) is 0 Å². The fourth-order valence-electron chi connectivity index (χ4n) is 2.49. The SMILES string of the molecule is CCC(Br)C(=O)Nc1ccc(N2CCCCCC2)cc1. The molecule has 3 nitrogen and oxygen atoms in total. The quantitative estimate of drug-likeness (QED) is 0.835. The Balaban J connectivity index is 1.97. The molecule has 0 aliphatic carbocycles. The summed E-state index contributed by atoms with van der Waals surface area (Å²) in [6.45, 7) is 4.28. The maximum atomic E-state index is 11.8. The van der Waals surface area contributed by atoms with Gasteiger partial charge < -0.3 is 10.2 Å². The molecular weight excluding hydrogens is 316 g/mol. The van der Waals surface area contributed by atoms with E-state index in [9.17, 15) is 4.79 Å². The molecule has 0 bridgehead atoms. The van der Waals surface area contributed by atoms with Crippen molar-refractivity contribution in [1.82, 2.24) is 0 Å². The van der Waals surface area contributed by atoms with Crippen LogP contribution >= 0.6 is 15.9 Å². The fourth-order valence-corrected chi connectivity index (χ4v) is 2.60. The average Bonchev–Trinajstić information content (AvgIpc) is 2.76. The number of nitrogens with zero attached hydrogens (tertiary/aromatic N) is 1. The Bertz CT molecular complexity index is 425. The molecule has 0 aromatic heterocycles. The summed E-state index contributed by atoms with van der Waals surface area (Å²) in [4.78, 5) is 14.1. The number of hydrogen-bond donors (Lipinski definition) is 1. The lowest BCUT2D eigenvalue weighted by Crippen LogP contribution is -2.24. The number of carbonyl (C=O) groups is 1. The van der Waals surface area contributed by atoms with Crippen LogP contribution in [-0.4, -0.2) is 23.8 Å². The number of alkyl halides is 1. The normalized spacial score (nSPS) is 17.4. The first-order valence-electron chi connectivity index (χ1n) is 7.50. The highest BCUT2D eigenvalue weighted by molar-refractivity contribution is 9.10. The second-order valence-corrected chi connectivity index (χ2v) is 6.42. The molecule has 1 atom stereocenters. The molecule has 1 heterocycles. The van der Waals surface area contributed by atoms with Gasteiger partial charge in [0.2, 0.25) is 5.91 Å². The third-order valence-electron chi connectivity index (χ3n) is 3.75. The lowest BCUT2D eigenvalue weighted by molar-refractivity contribution is -0.115. The van der Waals surface area contributed by atoms with E-state index in [-0.39, 0.29) is 10.7 Å². The Hall–Kier alpha value is -1.03. The third kappa shape index (κ3) is 4.23. The molecule has 1 amide bonds. The molecule has 0 saturated carbocycles. The molecule has 20 heavy (non-hydrogen) atoms. The molecule has 1 fully saturated rings. The van der Waals surface area contributed by atoms with Gasteiger partial charge in [0.05, 0.1) is 4.83 Å². The van der Waals surface area contributed by atoms with Gasteiger partial charge in [-0.25, -0.2) is 0 Å². The Morgan fingerprint density at radius 2 is 1.80 bits per heavy atom. The highest BCUT2D eigenvalue weighted by atomic mass is 79.9. The first-order chi connectivity index (χ1) is 9.70. The van der Waals surface area contributed by atoms with Crippen molar-refractivity contribution < 1.29 is 4.79 Å². The van der Waals surface area contributed by atoms with Crippen LogP contribution in [0.3, 0.4) is 0 Å². The van der Waals surface area contributed by atoms with E-state index in [2.05, 4.69) is 38.3 Å². The molecule has 1 N–H and O–H groups in total. The van der Waals surface area contributed by atoms with Crippen LogP contribution in [0.5, 0.6) is 0 Å². The lowest BCUT2D eigenvalue weighted by Gasteiger charge is -2.22. The van der Waals surface area contributed by atoms with Crippen LogP contribution in [0.4, 0.5) is 11.4 Å². The molecule has 0 radical (unpaired) electrons. The summed E-state index contributed by atoms with van der Waals surface area (Å²) in [5, 5.41) is 2.93. The van der Waals surface area contributed by atoms with Crippen LogP contribution in [0.1, 0.15) is 39.0 Å². The summed E-state index contributed by atoms with van der Waals surface area (Å²) in [5.41, 5.74) is 2.13. The topological polar surface area (TPSA) is 32.3 Å². The molecule has 4 heteroatoms. The summed E-state index contributed by atoms with van der Waals surface area (Å²) in [5.74, 6) is 0.0232. The minimum Gasteiger partial charge on any atom is -0.372 e. The van der Waals surface area contributed by atoms with Crippen LogP contribution in [0.15, 0.2) is 24.3 Å². The molecule has 2 rings (SSSR count). The van der Waals surface area contributed by atoms with Crippen LogP contribution in [0, 0.1) is 0 Å². The zero-order chi connectivity index (χ0) is 14.4. The number of nitrogens with one attached hydrogen (secondary N) is 1. The third-order valence-corrected chi connectivity index (χ3v) is 4.81. The van der Waals surface area contributed by atoms with E-state index in [4.69, 9.17) is 0 Å². The molecule has 0 spiro atoms. The number of halogens is 1. The number of hydrogen-bond acceptors (Lipinski definition) is 2. The molecule has 1 aliphatic heterocycles. The maximum absolute atomic E-state index is 11.8. The van der Waals surface area contributed by atoms with Crippen LogP contribution in [-0.2, 0) is 4.79 Å². The van der Waals surface area contributed by atoms with Gasteiger partial charge in [0.15, 0.2) is 0 Å². The largest absolute Gasteiger partial charge is 0.372 e. The first-order valence-corrected chi connectivity index (χ1v) is 8.42. The Morgan fingerprint density at radius 1 is 1.20 bits per heavy atom. The van der Waals surface area contributed by atoms with Crippen molar-refractivity contribution in [3.05, 3.63) is 24.3 Å². The summed E-state index contributed by atoms with van der Waals surface area (Å²) >= 11 is 3.37. The molecule has 1 aromatic rings. The number of benzene rings is 1. The molecule has 1 aromatic carbocycles. The van der Waals surface area contributed by atoms with Gasteiger partial charge in [-0.05, 0) is 43.5 Å². The summed E-state index contributed by atoms with van der Waals surface area (Å²) in [6, 6.07) is 8.20. The van der Waals surface area contributed by atoms with E-state index in [0.717, 1.165) is 25.2 Å². The van der Waals surface area contributed by atoms with Crippen molar-refractivity contribution >= 4 is 33.2 Å². The zero-order valence-corrected chi connectivity index (χ0v) is 13.7. The number of amides is 1. The van der Waals surface area contributed by atoms with Gasteiger partial charge in [0, 0.05) is 24.5 Å². The van der Waals surface area contributed by atoms with Gasteiger partial charge >= 0.3 is 0 Å². The van der Waals surface area contributed by atoms with Crippen LogP contribution in [0.25, 0.3) is 0 Å². The predicted octanol–water partition coefficient (Wildman–Crippen LogP) is 4.18. The Morgan fingerprint density at radius 3 is 2.35 bits per heavy atom. The van der Waals surface area contributed by atoms with Crippen molar-refractivity contribution in [2.75, 3.05) is 23.3 Å². The average molecular weight is 339 g/mol. The van der Waals surface area contributed by atoms with Gasteiger partial charge in [0.1, 0.15) is 0 Å². The van der Waals surface area contributed by atoms with Gasteiger partial charge in [-0.15, -0.1) is 0 Å². The minimum atomic E-state index is -0.118. The predicted molar refractivity (Wildman–Crippen MR) is 88.8 cm³/mol. The van der Waals surface area contributed by atoms with Crippen LogP contribution < -0.4 is 10.2 Å². The maximum Gasteiger partial charge on any atom is 0.238 e. The van der Waals surface area contributed by atoms with Gasteiger partial charge in [-0.3, -0.25) is 4.79 Å². The molecule has 1 aliphatic rings. The summed E-state index contributed by atoms with van der Waals surface area (Å²) in [6.07, 6.45) is 6.03. The monoisotopic (exact) mass is 338 g/mol. The number of anilines is 2. The zero-order valence-electron chi connectivity index (χ0n) is 12.1. The second-order valence-electron chi connectivity index (χ2n) is 5.31. The smallest absolute Gasteiger partial charge is 0.238 e. The van der Waals surface area contributed by atoms with E-state index in [1.807, 2.05) is 19.1 Å². The highest BCUT2D eigenvalue weighted by Gasteiger charge is 2.13. The second kappa shape index (κ2) is 7.67. The van der Waals surface area contributed by atoms with Gasteiger partial charge in [-0.2, -0.15) is 0 Å². The lowest BCUT2D eigenvalue weighted by atomic mass is 10.2. The van der Waals surface area contributed by atoms with E-state index in [1.54, 1.807) is 0 Å². The van der Waals surface area contributed by atoms with Crippen molar-refractivity contribution in [1.29, 1.82) is 0 Å². The Labute approximate surface area is 129 Å². The highest BCUT2D eigenvalue weighted by Crippen LogP contribution is 2.22. The molecular formula is C16H23BrN2O. The summed E-state index contributed by atoms with van der Waals surface area (Å²) < 4.78 is 0. The molecule has 1 unspecified atom stereocenters. The fraction of sp³-hybridized carbons (Fsp3) is 0.562. The van der Waals surface area contributed by atoms with Gasteiger partial charge in [-0.1, -0.05) is 35.7 Å².